The SMILES string of the molecule is CCC(=O)N1CCC2CCCC(CN(C3CCCC3)Cc3ccccc31)N2C(=O)COC. The van der Waals surface area contributed by atoms with Gasteiger partial charge in [-0.3, -0.25) is 14.5 Å². The predicted molar refractivity (Wildman–Crippen MR) is 127 cm³/mol. The maximum Gasteiger partial charge on any atom is 0.249 e. The fourth-order valence-electron chi connectivity index (χ4n) is 6.09. The summed E-state index contributed by atoms with van der Waals surface area (Å²) in [6.45, 7) is 4.47. The molecule has 1 saturated heterocycles. The molecule has 1 aromatic carbocycles. The Morgan fingerprint density at radius 3 is 2.41 bits per heavy atom. The normalized spacial score (nSPS) is 25.3. The molecule has 2 unspecified atom stereocenters. The molecule has 176 valence electrons. The van der Waals surface area contributed by atoms with E-state index in [1.165, 1.54) is 31.2 Å². The van der Waals surface area contributed by atoms with Gasteiger partial charge in [-0.25, -0.2) is 0 Å². The second kappa shape index (κ2) is 10.8. The third-order valence-electron chi connectivity index (χ3n) is 7.65. The zero-order chi connectivity index (χ0) is 22.5. The van der Waals surface area contributed by atoms with Crippen LogP contribution < -0.4 is 4.90 Å². The van der Waals surface area contributed by atoms with Crippen LogP contribution in [-0.4, -0.2) is 66.5 Å². The highest BCUT2D eigenvalue weighted by Gasteiger charge is 2.37. The molecule has 2 aliphatic heterocycles. The molecule has 0 aromatic heterocycles. The molecule has 2 atom stereocenters. The molecule has 1 aromatic rings. The highest BCUT2D eigenvalue weighted by Crippen LogP contribution is 2.33. The molecule has 4 rings (SSSR count). The van der Waals surface area contributed by atoms with Crippen molar-refractivity contribution < 1.29 is 14.3 Å². The number of fused-ring (bicyclic) bond motifs is 3. The number of hydrogen-bond donors (Lipinski definition) is 0. The number of piperidine rings is 1. The molecule has 0 spiro atoms. The maximum atomic E-state index is 13.2. The van der Waals surface area contributed by atoms with Crippen molar-refractivity contribution in [2.45, 2.75) is 89.4 Å². The summed E-state index contributed by atoms with van der Waals surface area (Å²) < 4.78 is 5.26. The van der Waals surface area contributed by atoms with Crippen molar-refractivity contribution in [3.05, 3.63) is 29.8 Å². The Hall–Kier alpha value is -1.92. The lowest BCUT2D eigenvalue weighted by Gasteiger charge is -2.45. The fraction of sp³-hybridized carbons (Fsp3) is 0.692. The highest BCUT2D eigenvalue weighted by atomic mass is 16.5. The summed E-state index contributed by atoms with van der Waals surface area (Å²) in [6, 6.07) is 9.36. The first-order valence-electron chi connectivity index (χ1n) is 12.5. The Balaban J connectivity index is 1.73. The van der Waals surface area contributed by atoms with E-state index in [4.69, 9.17) is 4.74 Å². The maximum absolute atomic E-state index is 13.2. The summed E-state index contributed by atoms with van der Waals surface area (Å²) in [5.74, 6) is 0.255. The van der Waals surface area contributed by atoms with E-state index >= 15 is 0 Å². The zero-order valence-electron chi connectivity index (χ0n) is 19.8. The third-order valence-corrected chi connectivity index (χ3v) is 7.65. The number of ether oxygens (including phenoxy) is 1. The largest absolute Gasteiger partial charge is 0.375 e. The summed E-state index contributed by atoms with van der Waals surface area (Å²) in [6.07, 6.45) is 9.50. The van der Waals surface area contributed by atoms with Crippen molar-refractivity contribution in [1.82, 2.24) is 9.80 Å². The monoisotopic (exact) mass is 441 g/mol. The molecule has 6 nitrogen and oxygen atoms in total. The van der Waals surface area contributed by atoms with Crippen LogP contribution in [-0.2, 0) is 20.9 Å². The topological polar surface area (TPSA) is 53.1 Å². The number of carbonyl (C=O) groups is 2. The van der Waals surface area contributed by atoms with E-state index in [0.717, 1.165) is 44.5 Å². The number of carbonyl (C=O) groups excluding carboxylic acids is 2. The minimum atomic E-state index is 0.0960. The molecule has 6 heteroatoms. The van der Waals surface area contributed by atoms with E-state index < -0.39 is 0 Å². The van der Waals surface area contributed by atoms with Gasteiger partial charge in [0.1, 0.15) is 6.61 Å². The van der Waals surface area contributed by atoms with Gasteiger partial charge in [-0.1, -0.05) is 38.0 Å². The van der Waals surface area contributed by atoms with Gasteiger partial charge in [-0.15, -0.1) is 0 Å². The first kappa shape index (κ1) is 23.2. The second-order valence-corrected chi connectivity index (χ2v) is 9.66. The standard InChI is InChI=1S/C26H39N3O3/c1-3-25(30)28-16-15-22-12-8-13-23(29(22)26(31)19-32-2)18-27(21-10-5-6-11-21)17-20-9-4-7-14-24(20)28/h4,7,9,14,21-23H,3,5-6,8,10-13,15-19H2,1-2H3. The van der Waals surface area contributed by atoms with Crippen LogP contribution >= 0.6 is 0 Å². The molecule has 0 N–H and O–H groups in total. The zero-order valence-corrected chi connectivity index (χ0v) is 19.8. The van der Waals surface area contributed by atoms with Crippen molar-refractivity contribution in [3.8, 4) is 0 Å². The Morgan fingerprint density at radius 1 is 0.938 bits per heavy atom. The van der Waals surface area contributed by atoms with Crippen LogP contribution in [0.15, 0.2) is 24.3 Å². The molecule has 2 amide bonds. The van der Waals surface area contributed by atoms with Gasteiger partial charge >= 0.3 is 0 Å². The number of benzene rings is 1. The van der Waals surface area contributed by atoms with Crippen molar-refractivity contribution in [3.63, 3.8) is 0 Å². The van der Waals surface area contributed by atoms with Crippen LogP contribution in [0.3, 0.4) is 0 Å². The number of nitrogens with zero attached hydrogens (tertiary/aromatic N) is 3. The van der Waals surface area contributed by atoms with Crippen LogP contribution in [0.4, 0.5) is 5.69 Å². The number of amides is 2. The van der Waals surface area contributed by atoms with Crippen LogP contribution in [0.25, 0.3) is 0 Å². The average Bonchev–Trinajstić information content (AvgIpc) is 3.34. The lowest BCUT2D eigenvalue weighted by molar-refractivity contribution is -0.143. The first-order valence-corrected chi connectivity index (χ1v) is 12.5. The number of para-hydroxylation sites is 1. The van der Waals surface area contributed by atoms with Crippen LogP contribution in [0.5, 0.6) is 0 Å². The van der Waals surface area contributed by atoms with Gasteiger partial charge in [0.25, 0.3) is 0 Å². The smallest absolute Gasteiger partial charge is 0.249 e. The number of methoxy groups -OCH3 is 1. The highest BCUT2D eigenvalue weighted by molar-refractivity contribution is 5.94. The summed E-state index contributed by atoms with van der Waals surface area (Å²) in [4.78, 5) is 32.9. The summed E-state index contributed by atoms with van der Waals surface area (Å²) in [5.41, 5.74) is 2.28. The summed E-state index contributed by atoms with van der Waals surface area (Å²) in [7, 11) is 1.60. The minimum Gasteiger partial charge on any atom is -0.375 e. The number of anilines is 1. The Bertz CT molecular complexity index is 792. The average molecular weight is 442 g/mol. The molecule has 1 aliphatic carbocycles. The van der Waals surface area contributed by atoms with Gasteiger partial charge in [0.15, 0.2) is 0 Å². The fourth-order valence-corrected chi connectivity index (χ4v) is 6.09. The molecule has 2 bridgehead atoms. The van der Waals surface area contributed by atoms with Crippen molar-refractivity contribution in [1.29, 1.82) is 0 Å². The van der Waals surface area contributed by atoms with Crippen LogP contribution in [0, 0.1) is 0 Å². The molecule has 3 aliphatic rings. The van der Waals surface area contributed by atoms with Crippen molar-refractivity contribution >= 4 is 17.5 Å². The third kappa shape index (κ3) is 5.01. The summed E-state index contributed by atoms with van der Waals surface area (Å²) in [5, 5.41) is 0. The van der Waals surface area contributed by atoms with Gasteiger partial charge in [0.05, 0.1) is 0 Å². The first-order chi connectivity index (χ1) is 15.6. The Morgan fingerprint density at radius 2 is 1.66 bits per heavy atom. The molecular formula is C26H39N3O3. The molecule has 1 saturated carbocycles. The Kier molecular flexibility index (Phi) is 7.84. The lowest BCUT2D eigenvalue weighted by Crippen LogP contribution is -2.56. The van der Waals surface area contributed by atoms with Gasteiger partial charge in [-0.2, -0.15) is 0 Å². The minimum absolute atomic E-state index is 0.0960. The molecular weight excluding hydrogens is 402 g/mol. The van der Waals surface area contributed by atoms with E-state index in [1.54, 1.807) is 7.11 Å². The second-order valence-electron chi connectivity index (χ2n) is 9.66. The van der Waals surface area contributed by atoms with Crippen molar-refractivity contribution in [2.24, 2.45) is 0 Å². The van der Waals surface area contributed by atoms with Gasteiger partial charge in [0, 0.05) is 57.0 Å². The van der Waals surface area contributed by atoms with E-state index in [0.29, 0.717) is 19.0 Å². The van der Waals surface area contributed by atoms with Gasteiger partial charge < -0.3 is 14.5 Å². The molecule has 0 radical (unpaired) electrons. The van der Waals surface area contributed by atoms with Gasteiger partial charge in [0.2, 0.25) is 11.8 Å². The molecule has 2 heterocycles. The van der Waals surface area contributed by atoms with Crippen molar-refractivity contribution in [2.75, 3.05) is 31.7 Å². The predicted octanol–water partition coefficient (Wildman–Crippen LogP) is 3.97. The van der Waals surface area contributed by atoms with E-state index in [1.807, 2.05) is 17.9 Å². The summed E-state index contributed by atoms with van der Waals surface area (Å²) >= 11 is 0. The molecule has 2 fully saturated rings. The number of rotatable bonds is 4. The lowest BCUT2D eigenvalue weighted by atomic mass is 9.92. The quantitative estimate of drug-likeness (QED) is 0.709. The van der Waals surface area contributed by atoms with Crippen LogP contribution in [0.1, 0.15) is 70.3 Å². The van der Waals surface area contributed by atoms with E-state index in [9.17, 15) is 9.59 Å². The van der Waals surface area contributed by atoms with E-state index in [2.05, 4.69) is 28.0 Å². The van der Waals surface area contributed by atoms with Gasteiger partial charge in [-0.05, 0) is 50.2 Å². The van der Waals surface area contributed by atoms with Crippen LogP contribution in [0.2, 0.25) is 0 Å². The Labute approximate surface area is 192 Å². The van der Waals surface area contributed by atoms with E-state index in [-0.39, 0.29) is 30.5 Å². The molecule has 32 heavy (non-hydrogen) atoms. The number of hydrogen-bond acceptors (Lipinski definition) is 4.